The summed E-state index contributed by atoms with van der Waals surface area (Å²) in [5.74, 6) is 0.0818. The molecule has 0 aliphatic carbocycles. The molecule has 1 fully saturated rings. The summed E-state index contributed by atoms with van der Waals surface area (Å²) >= 11 is 1.10. The van der Waals surface area contributed by atoms with Gasteiger partial charge in [0.15, 0.2) is 5.16 Å². The first-order valence-electron chi connectivity index (χ1n) is 7.48. The smallest absolute Gasteiger partial charge is 0.272 e. The van der Waals surface area contributed by atoms with Crippen molar-refractivity contribution in [1.82, 2.24) is 14.8 Å². The van der Waals surface area contributed by atoms with Crippen LogP contribution in [0.1, 0.15) is 6.92 Å². The Labute approximate surface area is 141 Å². The minimum atomic E-state index is -0.646. The van der Waals surface area contributed by atoms with Gasteiger partial charge in [-0.15, -0.1) is 10.2 Å². The highest BCUT2D eigenvalue weighted by Gasteiger charge is 2.21. The number of benzene rings is 1. The van der Waals surface area contributed by atoms with Crippen LogP contribution in [-0.4, -0.2) is 46.0 Å². The summed E-state index contributed by atoms with van der Waals surface area (Å²) in [6, 6.07) is 3.58. The molecule has 2 heterocycles. The van der Waals surface area contributed by atoms with Gasteiger partial charge >= 0.3 is 0 Å². The molecular formula is C14H16FN5O3S. The van der Waals surface area contributed by atoms with Gasteiger partial charge in [-0.05, 0) is 24.8 Å². The zero-order valence-electron chi connectivity index (χ0n) is 13.0. The fraction of sp³-hybridized carbons (Fsp3) is 0.429. The van der Waals surface area contributed by atoms with Gasteiger partial charge in [-0.3, -0.25) is 14.7 Å². The van der Waals surface area contributed by atoms with E-state index in [-0.39, 0.29) is 10.6 Å². The van der Waals surface area contributed by atoms with Crippen molar-refractivity contribution >= 4 is 23.4 Å². The molecule has 0 spiro atoms. The van der Waals surface area contributed by atoms with E-state index in [1.807, 2.05) is 11.5 Å². The van der Waals surface area contributed by atoms with Gasteiger partial charge in [0, 0.05) is 25.7 Å². The van der Waals surface area contributed by atoms with Crippen molar-refractivity contribution in [2.75, 3.05) is 31.2 Å². The quantitative estimate of drug-likeness (QED) is 0.602. The molecule has 0 atom stereocenters. The molecule has 1 saturated heterocycles. The molecule has 0 N–H and O–H groups in total. The number of anilines is 1. The Bertz CT molecular complexity index is 748. The van der Waals surface area contributed by atoms with Crippen LogP contribution in [0.4, 0.5) is 16.0 Å². The second-order valence-electron chi connectivity index (χ2n) is 5.10. The maximum atomic E-state index is 14.1. The first kappa shape index (κ1) is 16.7. The van der Waals surface area contributed by atoms with E-state index in [0.29, 0.717) is 24.9 Å². The molecule has 1 aliphatic heterocycles. The predicted octanol–water partition coefficient (Wildman–Crippen LogP) is 2.33. The highest BCUT2D eigenvalue weighted by molar-refractivity contribution is 7.99. The van der Waals surface area contributed by atoms with Crippen LogP contribution in [0, 0.1) is 15.9 Å². The van der Waals surface area contributed by atoms with Crippen molar-refractivity contribution in [2.45, 2.75) is 23.5 Å². The Morgan fingerprint density at radius 3 is 2.75 bits per heavy atom. The van der Waals surface area contributed by atoms with Crippen LogP contribution in [0.3, 0.4) is 0 Å². The molecule has 3 rings (SSSR count). The molecule has 8 nitrogen and oxygen atoms in total. The number of ether oxygens (including phenoxy) is 1. The van der Waals surface area contributed by atoms with Crippen LogP contribution in [0.15, 0.2) is 28.3 Å². The van der Waals surface area contributed by atoms with Crippen LogP contribution in [0.25, 0.3) is 0 Å². The SMILES string of the molecule is CCn1c(Sc2ccc([N+](=O)[O-])cc2F)nnc1N1CCOCC1. The van der Waals surface area contributed by atoms with Crippen molar-refractivity contribution in [3.8, 4) is 0 Å². The number of rotatable bonds is 5. The molecule has 24 heavy (non-hydrogen) atoms. The Balaban J connectivity index is 1.85. The number of nitro groups is 1. The van der Waals surface area contributed by atoms with E-state index in [2.05, 4.69) is 15.1 Å². The lowest BCUT2D eigenvalue weighted by molar-refractivity contribution is -0.385. The van der Waals surface area contributed by atoms with Crippen LogP contribution >= 0.6 is 11.8 Å². The number of morpholine rings is 1. The topological polar surface area (TPSA) is 86.3 Å². The fourth-order valence-electron chi connectivity index (χ4n) is 2.41. The summed E-state index contributed by atoms with van der Waals surface area (Å²) in [7, 11) is 0. The maximum absolute atomic E-state index is 14.1. The molecule has 0 radical (unpaired) electrons. The molecular weight excluding hydrogens is 337 g/mol. The van der Waals surface area contributed by atoms with Crippen molar-refractivity contribution in [3.63, 3.8) is 0 Å². The van der Waals surface area contributed by atoms with Gasteiger partial charge in [-0.2, -0.15) is 0 Å². The summed E-state index contributed by atoms with van der Waals surface area (Å²) < 4.78 is 21.3. The van der Waals surface area contributed by atoms with Gasteiger partial charge in [-0.25, -0.2) is 4.39 Å². The second-order valence-corrected chi connectivity index (χ2v) is 6.11. The van der Waals surface area contributed by atoms with E-state index < -0.39 is 10.7 Å². The van der Waals surface area contributed by atoms with Gasteiger partial charge in [0.1, 0.15) is 5.82 Å². The number of nitrogens with zero attached hydrogens (tertiary/aromatic N) is 5. The molecule has 1 aromatic carbocycles. The van der Waals surface area contributed by atoms with E-state index in [4.69, 9.17) is 4.74 Å². The first-order chi connectivity index (χ1) is 11.6. The van der Waals surface area contributed by atoms with E-state index in [1.165, 1.54) is 12.1 Å². The van der Waals surface area contributed by atoms with Gasteiger partial charge in [0.05, 0.1) is 29.1 Å². The molecule has 2 aromatic rings. The minimum Gasteiger partial charge on any atom is -0.378 e. The van der Waals surface area contributed by atoms with Crippen molar-refractivity contribution < 1.29 is 14.1 Å². The van der Waals surface area contributed by atoms with Gasteiger partial charge in [-0.1, -0.05) is 0 Å². The molecule has 0 bridgehead atoms. The Kier molecular flexibility index (Phi) is 4.95. The van der Waals surface area contributed by atoms with E-state index in [0.717, 1.165) is 36.9 Å². The van der Waals surface area contributed by atoms with E-state index in [1.54, 1.807) is 0 Å². The average Bonchev–Trinajstić information content (AvgIpc) is 3.00. The zero-order valence-corrected chi connectivity index (χ0v) is 13.8. The number of halogens is 1. The average molecular weight is 353 g/mol. The highest BCUT2D eigenvalue weighted by Crippen LogP contribution is 2.32. The lowest BCUT2D eigenvalue weighted by Gasteiger charge is -2.27. The van der Waals surface area contributed by atoms with Gasteiger partial charge in [0.25, 0.3) is 5.69 Å². The third-order valence-electron chi connectivity index (χ3n) is 3.63. The van der Waals surface area contributed by atoms with Gasteiger partial charge in [0.2, 0.25) is 5.95 Å². The normalized spacial score (nSPS) is 14.8. The van der Waals surface area contributed by atoms with Crippen LogP contribution in [-0.2, 0) is 11.3 Å². The molecule has 1 aliphatic rings. The number of aromatic nitrogens is 3. The Morgan fingerprint density at radius 1 is 1.38 bits per heavy atom. The van der Waals surface area contributed by atoms with Crippen molar-refractivity contribution in [1.29, 1.82) is 0 Å². The standard InChI is InChI=1S/C14H16FN5O3S/c1-2-19-13(18-5-7-23-8-6-18)16-17-14(19)24-12-4-3-10(20(21)22)9-11(12)15/h3-4,9H,2,5-8H2,1H3. The summed E-state index contributed by atoms with van der Waals surface area (Å²) in [5.41, 5.74) is -0.275. The largest absolute Gasteiger partial charge is 0.378 e. The Morgan fingerprint density at radius 2 is 2.12 bits per heavy atom. The third kappa shape index (κ3) is 3.34. The third-order valence-corrected chi connectivity index (χ3v) is 4.67. The molecule has 1 aromatic heterocycles. The molecule has 0 saturated carbocycles. The highest BCUT2D eigenvalue weighted by atomic mass is 32.2. The van der Waals surface area contributed by atoms with Gasteiger partial charge < -0.3 is 9.64 Å². The van der Waals surface area contributed by atoms with Crippen LogP contribution in [0.5, 0.6) is 0 Å². The molecule has 10 heteroatoms. The first-order valence-corrected chi connectivity index (χ1v) is 8.29. The second kappa shape index (κ2) is 7.14. The summed E-state index contributed by atoms with van der Waals surface area (Å²) in [5, 5.41) is 19.6. The molecule has 0 unspecified atom stereocenters. The van der Waals surface area contributed by atoms with Crippen LogP contribution in [0.2, 0.25) is 0 Å². The van der Waals surface area contributed by atoms with Crippen molar-refractivity contribution in [3.05, 3.63) is 34.1 Å². The summed E-state index contributed by atoms with van der Waals surface area (Å²) in [6.45, 7) is 5.33. The Hall–Kier alpha value is -2.20. The van der Waals surface area contributed by atoms with E-state index >= 15 is 0 Å². The predicted molar refractivity (Wildman–Crippen MR) is 85.9 cm³/mol. The number of hydrogen-bond donors (Lipinski definition) is 0. The zero-order chi connectivity index (χ0) is 17.1. The fourth-order valence-corrected chi connectivity index (χ4v) is 3.31. The summed E-state index contributed by atoms with van der Waals surface area (Å²) in [6.07, 6.45) is 0. The number of hydrogen-bond acceptors (Lipinski definition) is 7. The monoisotopic (exact) mass is 353 g/mol. The maximum Gasteiger partial charge on any atom is 0.272 e. The summed E-state index contributed by atoms with van der Waals surface area (Å²) in [4.78, 5) is 12.4. The number of nitro benzene ring substituents is 1. The van der Waals surface area contributed by atoms with Crippen LogP contribution < -0.4 is 4.90 Å². The minimum absolute atomic E-state index is 0.274. The lowest BCUT2D eigenvalue weighted by Crippen LogP contribution is -2.38. The molecule has 128 valence electrons. The number of non-ortho nitro benzene ring substituents is 1. The van der Waals surface area contributed by atoms with Crippen molar-refractivity contribution in [2.24, 2.45) is 0 Å². The van der Waals surface area contributed by atoms with E-state index in [9.17, 15) is 14.5 Å². The molecule has 0 amide bonds. The lowest BCUT2D eigenvalue weighted by atomic mass is 10.3.